The van der Waals surface area contributed by atoms with Crippen LogP contribution in [0.15, 0.2) is 24.3 Å². The van der Waals surface area contributed by atoms with Crippen LogP contribution in [0.2, 0.25) is 0 Å². The molecule has 0 aromatic heterocycles. The van der Waals surface area contributed by atoms with Gasteiger partial charge in [0.15, 0.2) is 0 Å². The Labute approximate surface area is 159 Å². The van der Waals surface area contributed by atoms with Gasteiger partial charge in [-0.3, -0.25) is 4.79 Å². The maximum Gasteiger partial charge on any atom is 0.225 e. The summed E-state index contributed by atoms with van der Waals surface area (Å²) in [6.45, 7) is 4.72. The van der Waals surface area contributed by atoms with Crippen molar-refractivity contribution < 1.29 is 4.79 Å². The predicted molar refractivity (Wildman–Crippen MR) is 108 cm³/mol. The van der Waals surface area contributed by atoms with Crippen LogP contribution in [0.4, 0.5) is 0 Å². The van der Waals surface area contributed by atoms with Crippen LogP contribution in [0.5, 0.6) is 0 Å². The first-order chi connectivity index (χ1) is 12.7. The number of amides is 1. The lowest BCUT2D eigenvalue weighted by molar-refractivity contribution is -0.138. The van der Waals surface area contributed by atoms with Gasteiger partial charge in [-0.05, 0) is 61.5 Å². The zero-order chi connectivity index (χ0) is 18.4. The summed E-state index contributed by atoms with van der Waals surface area (Å²) in [4.78, 5) is 15.1. The highest BCUT2D eigenvalue weighted by atomic mass is 16.2. The van der Waals surface area contributed by atoms with E-state index in [2.05, 4.69) is 36.1 Å². The molecule has 3 nitrogen and oxygen atoms in total. The average Bonchev–Trinajstić information content (AvgIpc) is 2.72. The second-order valence-electron chi connectivity index (χ2n) is 8.41. The predicted octanol–water partition coefficient (Wildman–Crippen LogP) is 4.85. The third kappa shape index (κ3) is 4.88. The first-order valence-corrected chi connectivity index (χ1v) is 10.8. The summed E-state index contributed by atoms with van der Waals surface area (Å²) < 4.78 is 0. The molecule has 3 rings (SSSR count). The van der Waals surface area contributed by atoms with Crippen molar-refractivity contribution in [1.82, 2.24) is 4.90 Å². The van der Waals surface area contributed by atoms with Gasteiger partial charge in [0.05, 0.1) is 0 Å². The van der Waals surface area contributed by atoms with Gasteiger partial charge in [0.2, 0.25) is 5.91 Å². The molecule has 1 aromatic rings. The van der Waals surface area contributed by atoms with Crippen molar-refractivity contribution in [1.29, 1.82) is 0 Å². The summed E-state index contributed by atoms with van der Waals surface area (Å²) >= 11 is 0. The number of unbranched alkanes of at least 4 members (excludes halogenated alkanes) is 1. The van der Waals surface area contributed by atoms with E-state index in [9.17, 15) is 4.79 Å². The number of hydrogen-bond acceptors (Lipinski definition) is 2. The number of nitrogens with two attached hydrogens (primary N) is 1. The molecular formula is C23H36N2O. The first kappa shape index (κ1) is 19.4. The molecule has 144 valence electrons. The minimum absolute atomic E-state index is 0.296. The topological polar surface area (TPSA) is 46.3 Å². The molecule has 1 amide bonds. The lowest BCUT2D eigenvalue weighted by atomic mass is 9.79. The summed E-state index contributed by atoms with van der Waals surface area (Å²) in [5.41, 5.74) is 8.38. The van der Waals surface area contributed by atoms with Crippen molar-refractivity contribution in [3.05, 3.63) is 35.4 Å². The molecule has 1 saturated carbocycles. The van der Waals surface area contributed by atoms with E-state index in [1.807, 2.05) is 0 Å². The van der Waals surface area contributed by atoms with Crippen molar-refractivity contribution in [2.24, 2.45) is 17.6 Å². The molecule has 1 aromatic carbocycles. The summed E-state index contributed by atoms with van der Waals surface area (Å²) in [5, 5.41) is 0. The van der Waals surface area contributed by atoms with Gasteiger partial charge < -0.3 is 10.6 Å². The summed E-state index contributed by atoms with van der Waals surface area (Å²) in [7, 11) is 0. The number of carbonyl (C=O) groups excluding carboxylic acids is 1. The summed E-state index contributed by atoms with van der Waals surface area (Å²) in [6.07, 6.45) is 10.9. The Kier molecular flexibility index (Phi) is 7.13. The van der Waals surface area contributed by atoms with Crippen LogP contribution >= 0.6 is 0 Å². The van der Waals surface area contributed by atoms with Crippen molar-refractivity contribution in [2.75, 3.05) is 13.1 Å². The zero-order valence-corrected chi connectivity index (χ0v) is 16.5. The Morgan fingerprint density at radius 3 is 2.50 bits per heavy atom. The number of nitrogens with zero attached hydrogens (tertiary/aromatic N) is 1. The molecule has 0 bridgehead atoms. The molecule has 2 aliphatic rings. The molecule has 1 saturated heterocycles. The van der Waals surface area contributed by atoms with Crippen LogP contribution in [0, 0.1) is 11.8 Å². The van der Waals surface area contributed by atoms with E-state index in [0.29, 0.717) is 24.3 Å². The molecule has 0 spiro atoms. The fraction of sp³-hybridized carbons (Fsp3) is 0.696. The highest BCUT2D eigenvalue weighted by Crippen LogP contribution is 2.35. The lowest BCUT2D eigenvalue weighted by Crippen LogP contribution is -2.42. The number of hydrogen-bond donors (Lipinski definition) is 1. The molecule has 3 heteroatoms. The van der Waals surface area contributed by atoms with Crippen LogP contribution in [-0.2, 0) is 11.3 Å². The Bertz CT molecular complexity index is 569. The third-order valence-electron chi connectivity index (χ3n) is 6.63. The first-order valence-electron chi connectivity index (χ1n) is 10.8. The number of likely N-dealkylation sites (tertiary alicyclic amines) is 1. The van der Waals surface area contributed by atoms with Crippen molar-refractivity contribution in [2.45, 2.75) is 77.2 Å². The van der Waals surface area contributed by atoms with E-state index in [0.717, 1.165) is 44.7 Å². The standard InChI is InChI=1S/C23H36N2O/c1-2-3-5-18-8-10-21(11-9-18)23(26)25-14-12-20(13-15-25)22-7-4-6-19(16-22)17-24/h4,6-7,16,18,20-21H,2-3,5,8-15,17,24H2,1H3. The fourth-order valence-electron chi connectivity index (χ4n) is 4.86. The smallest absolute Gasteiger partial charge is 0.225 e. The Morgan fingerprint density at radius 2 is 1.85 bits per heavy atom. The molecule has 0 atom stereocenters. The maximum absolute atomic E-state index is 12.9. The van der Waals surface area contributed by atoms with Crippen molar-refractivity contribution >= 4 is 5.91 Å². The van der Waals surface area contributed by atoms with Crippen LogP contribution in [0.25, 0.3) is 0 Å². The van der Waals surface area contributed by atoms with E-state index in [-0.39, 0.29) is 0 Å². The molecule has 2 fully saturated rings. The Balaban J connectivity index is 1.46. The zero-order valence-electron chi connectivity index (χ0n) is 16.5. The number of carbonyl (C=O) groups is 1. The Morgan fingerprint density at radius 1 is 1.12 bits per heavy atom. The summed E-state index contributed by atoms with van der Waals surface area (Å²) in [6, 6.07) is 8.68. The normalized spacial score (nSPS) is 24.6. The van der Waals surface area contributed by atoms with E-state index in [1.54, 1.807) is 0 Å². The molecule has 2 N–H and O–H groups in total. The van der Waals surface area contributed by atoms with Gasteiger partial charge >= 0.3 is 0 Å². The second-order valence-corrected chi connectivity index (χ2v) is 8.41. The van der Waals surface area contributed by atoms with Crippen molar-refractivity contribution in [3.63, 3.8) is 0 Å². The molecule has 0 radical (unpaired) electrons. The van der Waals surface area contributed by atoms with E-state index >= 15 is 0 Å². The molecule has 0 unspecified atom stereocenters. The van der Waals surface area contributed by atoms with Gasteiger partial charge in [-0.15, -0.1) is 0 Å². The van der Waals surface area contributed by atoms with Gasteiger partial charge in [-0.1, -0.05) is 50.5 Å². The second kappa shape index (κ2) is 9.55. The SMILES string of the molecule is CCCCC1CCC(C(=O)N2CCC(c3cccc(CN)c3)CC2)CC1. The highest BCUT2D eigenvalue weighted by Gasteiger charge is 2.31. The third-order valence-corrected chi connectivity index (χ3v) is 6.63. The van der Waals surface area contributed by atoms with Crippen LogP contribution in [0.1, 0.15) is 81.8 Å². The quantitative estimate of drug-likeness (QED) is 0.792. The maximum atomic E-state index is 12.9. The van der Waals surface area contributed by atoms with Gasteiger partial charge in [-0.25, -0.2) is 0 Å². The minimum Gasteiger partial charge on any atom is -0.342 e. The van der Waals surface area contributed by atoms with E-state index in [4.69, 9.17) is 5.73 Å². The highest BCUT2D eigenvalue weighted by molar-refractivity contribution is 5.79. The fourth-order valence-corrected chi connectivity index (χ4v) is 4.86. The van der Waals surface area contributed by atoms with Crippen LogP contribution in [0.3, 0.4) is 0 Å². The van der Waals surface area contributed by atoms with Gasteiger partial charge in [0.25, 0.3) is 0 Å². The molecule has 1 heterocycles. The van der Waals surface area contributed by atoms with Gasteiger partial charge in [-0.2, -0.15) is 0 Å². The minimum atomic E-state index is 0.296. The number of benzene rings is 1. The van der Waals surface area contributed by atoms with E-state index in [1.165, 1.54) is 43.2 Å². The van der Waals surface area contributed by atoms with Crippen molar-refractivity contribution in [3.8, 4) is 0 Å². The van der Waals surface area contributed by atoms with Gasteiger partial charge in [0.1, 0.15) is 0 Å². The lowest BCUT2D eigenvalue weighted by Gasteiger charge is -2.36. The monoisotopic (exact) mass is 356 g/mol. The molecular weight excluding hydrogens is 320 g/mol. The molecule has 1 aliphatic heterocycles. The molecule has 26 heavy (non-hydrogen) atoms. The number of piperidine rings is 1. The largest absolute Gasteiger partial charge is 0.342 e. The van der Waals surface area contributed by atoms with Crippen LogP contribution < -0.4 is 5.73 Å². The number of rotatable bonds is 6. The van der Waals surface area contributed by atoms with Crippen LogP contribution in [-0.4, -0.2) is 23.9 Å². The van der Waals surface area contributed by atoms with Gasteiger partial charge in [0, 0.05) is 25.6 Å². The summed E-state index contributed by atoms with van der Waals surface area (Å²) in [5.74, 6) is 2.19. The van der Waals surface area contributed by atoms with E-state index < -0.39 is 0 Å². The molecule has 1 aliphatic carbocycles. The average molecular weight is 357 g/mol. The Hall–Kier alpha value is -1.35.